The Balaban J connectivity index is 0.00000242. The van der Waals surface area contributed by atoms with Crippen molar-refractivity contribution >= 4 is 18.3 Å². The molecule has 22 heavy (non-hydrogen) atoms. The van der Waals surface area contributed by atoms with E-state index in [0.717, 1.165) is 37.9 Å². The summed E-state index contributed by atoms with van der Waals surface area (Å²) >= 11 is 0. The van der Waals surface area contributed by atoms with E-state index in [9.17, 15) is 9.18 Å². The summed E-state index contributed by atoms with van der Waals surface area (Å²) in [6.07, 6.45) is 2.46. The Morgan fingerprint density at radius 1 is 1.50 bits per heavy atom. The van der Waals surface area contributed by atoms with Gasteiger partial charge in [0.05, 0.1) is 0 Å². The van der Waals surface area contributed by atoms with Crippen LogP contribution in [0, 0.1) is 17.2 Å². The Kier molecular flexibility index (Phi) is 6.82. The summed E-state index contributed by atoms with van der Waals surface area (Å²) in [6, 6.07) is 6.60. The predicted octanol–water partition coefficient (Wildman–Crippen LogP) is 3.01. The number of carbonyl (C=O) groups is 1. The SMILES string of the molecule is CC(CCc1cccc(F)c1)C(=O)N1CCC(C)(CN)C1.Cl. The molecular weight excluding hydrogens is 303 g/mol. The highest BCUT2D eigenvalue weighted by Gasteiger charge is 2.35. The third-order valence-corrected chi connectivity index (χ3v) is 4.54. The number of aryl methyl sites for hydroxylation is 1. The summed E-state index contributed by atoms with van der Waals surface area (Å²) in [6.45, 7) is 6.27. The highest BCUT2D eigenvalue weighted by Crippen LogP contribution is 2.29. The summed E-state index contributed by atoms with van der Waals surface area (Å²) in [5.74, 6) is -0.0540. The number of hydrogen-bond donors (Lipinski definition) is 1. The van der Waals surface area contributed by atoms with Gasteiger partial charge in [-0.15, -0.1) is 12.4 Å². The maximum Gasteiger partial charge on any atom is 0.225 e. The van der Waals surface area contributed by atoms with Gasteiger partial charge < -0.3 is 10.6 Å². The molecule has 1 aromatic carbocycles. The van der Waals surface area contributed by atoms with E-state index in [0.29, 0.717) is 6.54 Å². The first-order valence-electron chi connectivity index (χ1n) is 7.67. The lowest BCUT2D eigenvalue weighted by molar-refractivity contribution is -0.134. The zero-order valence-electron chi connectivity index (χ0n) is 13.3. The minimum Gasteiger partial charge on any atom is -0.342 e. The van der Waals surface area contributed by atoms with Gasteiger partial charge in [-0.3, -0.25) is 4.79 Å². The zero-order chi connectivity index (χ0) is 15.5. The smallest absolute Gasteiger partial charge is 0.225 e. The molecule has 1 heterocycles. The molecule has 0 aromatic heterocycles. The number of benzene rings is 1. The summed E-state index contributed by atoms with van der Waals surface area (Å²) in [5, 5.41) is 0. The van der Waals surface area contributed by atoms with Crippen LogP contribution in [0.1, 0.15) is 32.3 Å². The van der Waals surface area contributed by atoms with Crippen molar-refractivity contribution in [3.05, 3.63) is 35.6 Å². The first kappa shape index (κ1) is 18.9. The van der Waals surface area contributed by atoms with Crippen LogP contribution in [0.2, 0.25) is 0 Å². The van der Waals surface area contributed by atoms with E-state index in [1.54, 1.807) is 12.1 Å². The minimum absolute atomic E-state index is 0. The number of likely N-dealkylation sites (tertiary alicyclic amines) is 1. The van der Waals surface area contributed by atoms with Crippen molar-refractivity contribution in [1.82, 2.24) is 4.90 Å². The molecule has 1 aliphatic heterocycles. The number of nitrogens with zero attached hydrogens (tertiary/aromatic N) is 1. The first-order valence-corrected chi connectivity index (χ1v) is 7.67. The van der Waals surface area contributed by atoms with Gasteiger partial charge in [0, 0.05) is 19.0 Å². The molecule has 1 aliphatic rings. The van der Waals surface area contributed by atoms with Gasteiger partial charge in [0.2, 0.25) is 5.91 Å². The van der Waals surface area contributed by atoms with Crippen LogP contribution in [0.25, 0.3) is 0 Å². The van der Waals surface area contributed by atoms with E-state index >= 15 is 0 Å². The molecule has 2 atom stereocenters. The van der Waals surface area contributed by atoms with Gasteiger partial charge in [0.25, 0.3) is 0 Å². The second-order valence-corrected chi connectivity index (χ2v) is 6.59. The molecule has 1 aromatic rings. The fourth-order valence-electron chi connectivity index (χ4n) is 2.89. The molecular formula is C17H26ClFN2O. The molecule has 0 bridgehead atoms. The lowest BCUT2D eigenvalue weighted by atomic mass is 9.90. The average molecular weight is 329 g/mol. The molecule has 0 spiro atoms. The second-order valence-electron chi connectivity index (χ2n) is 6.59. The summed E-state index contributed by atoms with van der Waals surface area (Å²) in [7, 11) is 0. The fraction of sp³-hybridized carbons (Fsp3) is 0.588. The molecule has 3 nitrogen and oxygen atoms in total. The molecule has 1 fully saturated rings. The Labute approximate surface area is 138 Å². The number of hydrogen-bond acceptors (Lipinski definition) is 2. The van der Waals surface area contributed by atoms with Gasteiger partial charge in [-0.1, -0.05) is 26.0 Å². The average Bonchev–Trinajstić information content (AvgIpc) is 2.87. The van der Waals surface area contributed by atoms with Gasteiger partial charge in [0.15, 0.2) is 0 Å². The monoisotopic (exact) mass is 328 g/mol. The predicted molar refractivity (Wildman–Crippen MR) is 89.5 cm³/mol. The molecule has 1 saturated heterocycles. The van der Waals surface area contributed by atoms with Crippen molar-refractivity contribution in [1.29, 1.82) is 0 Å². The van der Waals surface area contributed by atoms with Crippen molar-refractivity contribution < 1.29 is 9.18 Å². The van der Waals surface area contributed by atoms with E-state index in [2.05, 4.69) is 6.92 Å². The minimum atomic E-state index is -0.218. The third-order valence-electron chi connectivity index (χ3n) is 4.54. The molecule has 0 radical (unpaired) electrons. The number of rotatable bonds is 5. The Morgan fingerprint density at radius 3 is 2.82 bits per heavy atom. The Hall–Kier alpha value is -1.13. The molecule has 2 rings (SSSR count). The molecule has 2 unspecified atom stereocenters. The van der Waals surface area contributed by atoms with Crippen LogP contribution in [-0.4, -0.2) is 30.4 Å². The second kappa shape index (κ2) is 7.93. The maximum atomic E-state index is 13.1. The van der Waals surface area contributed by atoms with Crippen LogP contribution in [0.5, 0.6) is 0 Å². The van der Waals surface area contributed by atoms with E-state index < -0.39 is 0 Å². The summed E-state index contributed by atoms with van der Waals surface area (Å²) in [4.78, 5) is 14.4. The van der Waals surface area contributed by atoms with Gasteiger partial charge in [-0.2, -0.15) is 0 Å². The summed E-state index contributed by atoms with van der Waals surface area (Å²) in [5.41, 5.74) is 6.80. The number of carbonyl (C=O) groups excluding carboxylic acids is 1. The topological polar surface area (TPSA) is 46.3 Å². The van der Waals surface area contributed by atoms with Crippen LogP contribution >= 0.6 is 12.4 Å². The van der Waals surface area contributed by atoms with E-state index in [-0.39, 0.29) is 35.5 Å². The Morgan fingerprint density at radius 2 is 2.23 bits per heavy atom. The van der Waals surface area contributed by atoms with Crippen molar-refractivity contribution in [3.63, 3.8) is 0 Å². The summed E-state index contributed by atoms with van der Waals surface area (Å²) < 4.78 is 13.1. The van der Waals surface area contributed by atoms with E-state index in [1.165, 1.54) is 6.07 Å². The number of nitrogens with two attached hydrogens (primary N) is 1. The van der Waals surface area contributed by atoms with Crippen LogP contribution < -0.4 is 5.73 Å². The first-order chi connectivity index (χ1) is 9.93. The van der Waals surface area contributed by atoms with Crippen molar-refractivity contribution in [2.24, 2.45) is 17.1 Å². The van der Waals surface area contributed by atoms with E-state index in [1.807, 2.05) is 17.9 Å². The lowest BCUT2D eigenvalue weighted by Gasteiger charge is -2.24. The van der Waals surface area contributed by atoms with Crippen molar-refractivity contribution in [2.75, 3.05) is 19.6 Å². The highest BCUT2D eigenvalue weighted by atomic mass is 35.5. The van der Waals surface area contributed by atoms with Crippen molar-refractivity contribution in [2.45, 2.75) is 33.1 Å². The lowest BCUT2D eigenvalue weighted by Crippen LogP contribution is -2.37. The number of halogens is 2. The third kappa shape index (κ3) is 4.68. The maximum absolute atomic E-state index is 13.1. The van der Waals surface area contributed by atoms with Gasteiger partial charge in [0.1, 0.15) is 5.82 Å². The van der Waals surface area contributed by atoms with Crippen LogP contribution in [0.3, 0.4) is 0 Å². The zero-order valence-corrected chi connectivity index (χ0v) is 14.2. The molecule has 0 saturated carbocycles. The quantitative estimate of drug-likeness (QED) is 0.903. The molecule has 0 aliphatic carbocycles. The number of amides is 1. The van der Waals surface area contributed by atoms with Crippen molar-refractivity contribution in [3.8, 4) is 0 Å². The normalized spacial score (nSPS) is 22.3. The van der Waals surface area contributed by atoms with Gasteiger partial charge in [-0.05, 0) is 48.9 Å². The molecule has 5 heteroatoms. The standard InChI is InChI=1S/C17H25FN2O.ClH/c1-13(6-7-14-4-3-5-15(18)10-14)16(21)20-9-8-17(2,11-19)12-20;/h3-5,10,13H,6-9,11-12,19H2,1-2H3;1H. The molecule has 124 valence electrons. The largest absolute Gasteiger partial charge is 0.342 e. The fourth-order valence-corrected chi connectivity index (χ4v) is 2.89. The van der Waals surface area contributed by atoms with Crippen LogP contribution in [0.15, 0.2) is 24.3 Å². The molecule has 2 N–H and O–H groups in total. The van der Waals surface area contributed by atoms with Gasteiger partial charge >= 0.3 is 0 Å². The van der Waals surface area contributed by atoms with Gasteiger partial charge in [-0.25, -0.2) is 4.39 Å². The van der Waals surface area contributed by atoms with Crippen LogP contribution in [0.4, 0.5) is 4.39 Å². The Bertz CT molecular complexity index is 511. The van der Waals surface area contributed by atoms with E-state index in [4.69, 9.17) is 5.73 Å². The van der Waals surface area contributed by atoms with Crippen LogP contribution in [-0.2, 0) is 11.2 Å². The molecule has 1 amide bonds. The highest BCUT2D eigenvalue weighted by molar-refractivity contribution is 5.85.